The lowest BCUT2D eigenvalue weighted by molar-refractivity contribution is -0.384. The first kappa shape index (κ1) is 17.4. The normalized spacial score (nSPS) is 17.1. The summed E-state index contributed by atoms with van der Waals surface area (Å²) in [5.41, 5.74) is 0.161. The Labute approximate surface area is 134 Å². The molecule has 23 heavy (non-hydrogen) atoms. The molecule has 128 valence electrons. The number of nitro groups is 1. The number of rotatable bonds is 6. The minimum atomic E-state index is -0.727. The van der Waals surface area contributed by atoms with Crippen molar-refractivity contribution in [3.8, 4) is 5.75 Å². The zero-order valence-electron chi connectivity index (χ0n) is 13.6. The maximum absolute atomic E-state index is 13.7. The molecule has 0 radical (unpaired) electrons. The van der Waals surface area contributed by atoms with Crippen LogP contribution < -0.4 is 9.64 Å². The van der Waals surface area contributed by atoms with Gasteiger partial charge in [-0.1, -0.05) is 0 Å². The van der Waals surface area contributed by atoms with E-state index in [2.05, 4.69) is 11.8 Å². The molecular formula is C15H22FN3O4. The van der Waals surface area contributed by atoms with Gasteiger partial charge in [0, 0.05) is 45.4 Å². The summed E-state index contributed by atoms with van der Waals surface area (Å²) in [5.74, 6) is -0.712. The van der Waals surface area contributed by atoms with Crippen molar-refractivity contribution in [3.63, 3.8) is 0 Å². The third-order valence-corrected chi connectivity index (χ3v) is 4.13. The van der Waals surface area contributed by atoms with Crippen LogP contribution in [0, 0.1) is 15.9 Å². The highest BCUT2D eigenvalue weighted by Crippen LogP contribution is 2.35. The maximum Gasteiger partial charge on any atom is 0.295 e. The molecule has 0 spiro atoms. The van der Waals surface area contributed by atoms with E-state index in [0.29, 0.717) is 31.4 Å². The van der Waals surface area contributed by atoms with Crippen LogP contribution in [0.5, 0.6) is 5.75 Å². The predicted octanol–water partition coefficient (Wildman–Crippen LogP) is 1.90. The van der Waals surface area contributed by atoms with Crippen LogP contribution in [0.25, 0.3) is 0 Å². The van der Waals surface area contributed by atoms with Crippen molar-refractivity contribution < 1.29 is 18.8 Å². The third-order valence-electron chi connectivity index (χ3n) is 4.13. The first-order chi connectivity index (χ1) is 11.0. The predicted molar refractivity (Wildman–Crippen MR) is 84.7 cm³/mol. The molecule has 0 aliphatic carbocycles. The van der Waals surface area contributed by atoms with Gasteiger partial charge in [-0.15, -0.1) is 0 Å². The highest BCUT2D eigenvalue weighted by Gasteiger charge is 2.27. The Hall–Kier alpha value is -1.93. The average molecular weight is 327 g/mol. The molecule has 8 heteroatoms. The van der Waals surface area contributed by atoms with E-state index in [-0.39, 0.29) is 11.4 Å². The molecule has 2 rings (SSSR count). The Morgan fingerprint density at radius 1 is 1.30 bits per heavy atom. The zero-order valence-corrected chi connectivity index (χ0v) is 13.6. The lowest BCUT2D eigenvalue weighted by atomic mass is 10.1. The quantitative estimate of drug-likeness (QED) is 0.587. The van der Waals surface area contributed by atoms with E-state index in [1.165, 1.54) is 13.2 Å². The lowest BCUT2D eigenvalue weighted by Crippen LogP contribution is -2.50. The van der Waals surface area contributed by atoms with Crippen molar-refractivity contribution in [3.05, 3.63) is 28.1 Å². The standard InChI is InChI=1S/C15H22FN3O4/c1-11(10-22-2)17-4-6-18(7-5-17)13-9-15(23-3)12(16)8-14(13)19(20)21/h8-9,11H,4-7,10H2,1-3H3/t11-/m1/s1. The summed E-state index contributed by atoms with van der Waals surface area (Å²) in [6, 6.07) is 2.62. The molecule has 7 nitrogen and oxygen atoms in total. The van der Waals surface area contributed by atoms with E-state index in [4.69, 9.17) is 9.47 Å². The Morgan fingerprint density at radius 2 is 1.96 bits per heavy atom. The maximum atomic E-state index is 13.7. The molecule has 0 N–H and O–H groups in total. The Kier molecular flexibility index (Phi) is 5.73. The van der Waals surface area contributed by atoms with E-state index in [0.717, 1.165) is 19.2 Å². The molecule has 1 aromatic rings. The first-order valence-electron chi connectivity index (χ1n) is 7.47. The summed E-state index contributed by atoms with van der Waals surface area (Å²) in [5, 5.41) is 11.2. The molecule has 1 heterocycles. The summed E-state index contributed by atoms with van der Waals surface area (Å²) < 4.78 is 23.9. The molecule has 0 aromatic heterocycles. The highest BCUT2D eigenvalue weighted by molar-refractivity contribution is 5.66. The summed E-state index contributed by atoms with van der Waals surface area (Å²) in [6.45, 7) is 5.52. The topological polar surface area (TPSA) is 68.1 Å². The summed E-state index contributed by atoms with van der Waals surface area (Å²) >= 11 is 0. The van der Waals surface area contributed by atoms with Crippen LogP contribution in [0.1, 0.15) is 6.92 Å². The van der Waals surface area contributed by atoms with Crippen molar-refractivity contribution in [2.45, 2.75) is 13.0 Å². The number of benzene rings is 1. The smallest absolute Gasteiger partial charge is 0.295 e. The molecule has 0 amide bonds. The van der Waals surface area contributed by atoms with Crippen LogP contribution in [0.15, 0.2) is 12.1 Å². The van der Waals surface area contributed by atoms with E-state index in [1.54, 1.807) is 7.11 Å². The van der Waals surface area contributed by atoms with Crippen LogP contribution in [-0.4, -0.2) is 62.9 Å². The Balaban J connectivity index is 2.18. The van der Waals surface area contributed by atoms with E-state index in [9.17, 15) is 14.5 Å². The summed E-state index contributed by atoms with van der Waals surface area (Å²) in [6.07, 6.45) is 0. The highest BCUT2D eigenvalue weighted by atomic mass is 19.1. The number of nitrogens with zero attached hydrogens (tertiary/aromatic N) is 3. The Morgan fingerprint density at radius 3 is 2.48 bits per heavy atom. The lowest BCUT2D eigenvalue weighted by Gasteiger charge is -2.38. The molecule has 1 aliphatic rings. The van der Waals surface area contributed by atoms with Crippen LogP contribution in [0.2, 0.25) is 0 Å². The fourth-order valence-electron chi connectivity index (χ4n) is 2.84. The second-order valence-corrected chi connectivity index (χ2v) is 5.56. The fraction of sp³-hybridized carbons (Fsp3) is 0.600. The van der Waals surface area contributed by atoms with Crippen molar-refractivity contribution in [1.29, 1.82) is 0 Å². The number of methoxy groups -OCH3 is 2. The van der Waals surface area contributed by atoms with Crippen LogP contribution in [0.4, 0.5) is 15.8 Å². The molecule has 0 saturated carbocycles. The molecule has 1 aliphatic heterocycles. The minimum Gasteiger partial charge on any atom is -0.494 e. The molecule has 0 bridgehead atoms. The number of hydrogen-bond acceptors (Lipinski definition) is 6. The van der Waals surface area contributed by atoms with Gasteiger partial charge in [0.1, 0.15) is 5.69 Å². The Bertz CT molecular complexity index is 562. The zero-order chi connectivity index (χ0) is 17.0. The minimum absolute atomic E-state index is 0.0146. The molecule has 1 fully saturated rings. The molecule has 0 unspecified atom stereocenters. The van der Waals surface area contributed by atoms with Gasteiger partial charge in [0.15, 0.2) is 11.6 Å². The second kappa shape index (κ2) is 7.56. The molecular weight excluding hydrogens is 305 g/mol. The summed E-state index contributed by atoms with van der Waals surface area (Å²) in [7, 11) is 3.01. The van der Waals surface area contributed by atoms with Gasteiger partial charge < -0.3 is 14.4 Å². The van der Waals surface area contributed by atoms with Gasteiger partial charge in [-0.3, -0.25) is 15.0 Å². The SMILES string of the molecule is COC[C@@H](C)N1CCN(c2cc(OC)c(F)cc2[N+](=O)[O-])CC1. The van der Waals surface area contributed by atoms with E-state index >= 15 is 0 Å². The number of nitro benzene ring substituents is 1. The number of anilines is 1. The fourth-order valence-corrected chi connectivity index (χ4v) is 2.84. The van der Waals surface area contributed by atoms with Gasteiger partial charge in [-0.25, -0.2) is 4.39 Å². The number of piperazine rings is 1. The average Bonchev–Trinajstić information content (AvgIpc) is 2.55. The van der Waals surface area contributed by atoms with Crippen molar-refractivity contribution in [2.75, 3.05) is 51.9 Å². The number of hydrogen-bond donors (Lipinski definition) is 0. The monoisotopic (exact) mass is 327 g/mol. The van der Waals surface area contributed by atoms with Crippen molar-refractivity contribution in [1.82, 2.24) is 4.90 Å². The largest absolute Gasteiger partial charge is 0.494 e. The first-order valence-corrected chi connectivity index (χ1v) is 7.47. The van der Waals surface area contributed by atoms with Crippen LogP contribution in [-0.2, 0) is 4.74 Å². The van der Waals surface area contributed by atoms with Crippen LogP contribution >= 0.6 is 0 Å². The van der Waals surface area contributed by atoms with Gasteiger partial charge in [0.05, 0.1) is 24.7 Å². The van der Waals surface area contributed by atoms with Gasteiger partial charge >= 0.3 is 0 Å². The summed E-state index contributed by atoms with van der Waals surface area (Å²) in [4.78, 5) is 14.8. The number of halogens is 1. The molecule has 1 aromatic carbocycles. The van der Waals surface area contributed by atoms with E-state index in [1.807, 2.05) is 4.90 Å². The second-order valence-electron chi connectivity index (χ2n) is 5.56. The third kappa shape index (κ3) is 3.89. The molecule has 1 atom stereocenters. The van der Waals surface area contributed by atoms with Gasteiger partial charge in [0.25, 0.3) is 5.69 Å². The number of ether oxygens (including phenoxy) is 2. The van der Waals surface area contributed by atoms with Crippen molar-refractivity contribution in [2.24, 2.45) is 0 Å². The van der Waals surface area contributed by atoms with Gasteiger partial charge in [0.2, 0.25) is 0 Å². The van der Waals surface area contributed by atoms with Crippen LogP contribution in [0.3, 0.4) is 0 Å². The van der Waals surface area contributed by atoms with E-state index < -0.39 is 10.7 Å². The molecule has 1 saturated heterocycles. The van der Waals surface area contributed by atoms with Gasteiger partial charge in [-0.2, -0.15) is 0 Å². The van der Waals surface area contributed by atoms with Gasteiger partial charge in [-0.05, 0) is 6.92 Å². The van der Waals surface area contributed by atoms with Crippen molar-refractivity contribution >= 4 is 11.4 Å².